The van der Waals surface area contributed by atoms with Gasteiger partial charge in [-0.05, 0) is 24.3 Å². The number of para-hydroxylation sites is 2. The highest BCUT2D eigenvalue weighted by atomic mass is 19.4. The molecule has 0 radical (unpaired) electrons. The van der Waals surface area contributed by atoms with Gasteiger partial charge in [-0.2, -0.15) is 13.2 Å². The third-order valence-electron chi connectivity index (χ3n) is 3.56. The fourth-order valence-corrected chi connectivity index (χ4v) is 2.34. The molecule has 0 aliphatic rings. The van der Waals surface area contributed by atoms with E-state index >= 15 is 0 Å². The van der Waals surface area contributed by atoms with Crippen LogP contribution < -0.4 is 10.1 Å². The standard InChI is InChI=1S/C19H14F3N3O2/c1-12(26)25-15-4-2-3-5-17(15)27-18-10-16(23-11-24-18)13-6-8-14(9-7-13)19(20,21)22/h2-11H,1H3,(H,25,26). The fraction of sp³-hybridized carbons (Fsp3) is 0.105. The molecule has 1 heterocycles. The second-order valence-corrected chi connectivity index (χ2v) is 5.60. The van der Waals surface area contributed by atoms with E-state index < -0.39 is 11.7 Å². The summed E-state index contributed by atoms with van der Waals surface area (Å²) in [5.41, 5.74) is 0.636. The summed E-state index contributed by atoms with van der Waals surface area (Å²) in [4.78, 5) is 19.4. The molecule has 5 nitrogen and oxygen atoms in total. The summed E-state index contributed by atoms with van der Waals surface area (Å²) >= 11 is 0. The SMILES string of the molecule is CC(=O)Nc1ccccc1Oc1cc(-c2ccc(C(F)(F)F)cc2)ncn1. The number of nitrogens with one attached hydrogen (secondary N) is 1. The number of ether oxygens (including phenoxy) is 1. The number of carbonyl (C=O) groups is 1. The van der Waals surface area contributed by atoms with Crippen LogP contribution in [0.3, 0.4) is 0 Å². The molecule has 0 aliphatic carbocycles. The highest BCUT2D eigenvalue weighted by Gasteiger charge is 2.30. The third-order valence-corrected chi connectivity index (χ3v) is 3.56. The summed E-state index contributed by atoms with van der Waals surface area (Å²) in [6.07, 6.45) is -3.14. The summed E-state index contributed by atoms with van der Waals surface area (Å²) in [6, 6.07) is 13.0. The molecule has 3 aromatic rings. The molecule has 0 spiro atoms. The molecule has 0 saturated heterocycles. The van der Waals surface area contributed by atoms with E-state index in [2.05, 4.69) is 15.3 Å². The lowest BCUT2D eigenvalue weighted by Gasteiger charge is -2.11. The first kappa shape index (κ1) is 18.4. The zero-order chi connectivity index (χ0) is 19.4. The highest BCUT2D eigenvalue weighted by molar-refractivity contribution is 5.90. The molecule has 0 atom stereocenters. The van der Waals surface area contributed by atoms with Crippen LogP contribution in [0.2, 0.25) is 0 Å². The number of carbonyl (C=O) groups excluding carboxylic acids is 1. The van der Waals surface area contributed by atoms with Crippen molar-refractivity contribution in [2.24, 2.45) is 0 Å². The molecule has 1 N–H and O–H groups in total. The molecular formula is C19H14F3N3O2. The van der Waals surface area contributed by atoms with Crippen LogP contribution in [-0.4, -0.2) is 15.9 Å². The van der Waals surface area contributed by atoms with Crippen molar-refractivity contribution in [3.05, 3.63) is 66.5 Å². The summed E-state index contributed by atoms with van der Waals surface area (Å²) in [5.74, 6) is 0.321. The summed E-state index contributed by atoms with van der Waals surface area (Å²) in [7, 11) is 0. The Labute approximate surface area is 152 Å². The van der Waals surface area contributed by atoms with Gasteiger partial charge in [0, 0.05) is 18.6 Å². The molecule has 1 amide bonds. The van der Waals surface area contributed by atoms with E-state index in [4.69, 9.17) is 4.74 Å². The smallest absolute Gasteiger partial charge is 0.416 e. The van der Waals surface area contributed by atoms with Crippen molar-refractivity contribution in [3.63, 3.8) is 0 Å². The minimum Gasteiger partial charge on any atom is -0.437 e. The van der Waals surface area contributed by atoms with E-state index in [1.165, 1.54) is 31.5 Å². The van der Waals surface area contributed by atoms with E-state index in [1.54, 1.807) is 24.3 Å². The van der Waals surface area contributed by atoms with Crippen LogP contribution in [0.25, 0.3) is 11.3 Å². The van der Waals surface area contributed by atoms with Crippen molar-refractivity contribution in [1.29, 1.82) is 0 Å². The van der Waals surface area contributed by atoms with E-state index in [0.717, 1.165) is 12.1 Å². The molecule has 3 rings (SSSR count). The molecule has 0 saturated carbocycles. The van der Waals surface area contributed by atoms with Crippen molar-refractivity contribution in [3.8, 4) is 22.9 Å². The Bertz CT molecular complexity index is 957. The predicted molar refractivity (Wildman–Crippen MR) is 93.3 cm³/mol. The molecule has 8 heteroatoms. The van der Waals surface area contributed by atoms with Gasteiger partial charge in [-0.3, -0.25) is 4.79 Å². The molecule has 2 aromatic carbocycles. The van der Waals surface area contributed by atoms with Crippen LogP contribution in [-0.2, 0) is 11.0 Å². The van der Waals surface area contributed by atoms with Gasteiger partial charge in [-0.25, -0.2) is 9.97 Å². The van der Waals surface area contributed by atoms with E-state index in [0.29, 0.717) is 22.7 Å². The highest BCUT2D eigenvalue weighted by Crippen LogP contribution is 2.32. The molecule has 138 valence electrons. The van der Waals surface area contributed by atoms with Crippen LogP contribution in [0.1, 0.15) is 12.5 Å². The van der Waals surface area contributed by atoms with E-state index in [1.807, 2.05) is 0 Å². The van der Waals surface area contributed by atoms with Crippen LogP contribution in [0, 0.1) is 0 Å². The zero-order valence-electron chi connectivity index (χ0n) is 14.1. The van der Waals surface area contributed by atoms with Gasteiger partial charge < -0.3 is 10.1 Å². The third kappa shape index (κ3) is 4.60. The number of benzene rings is 2. The first-order valence-electron chi connectivity index (χ1n) is 7.87. The fourth-order valence-electron chi connectivity index (χ4n) is 2.34. The molecule has 0 bridgehead atoms. The number of halogens is 3. The van der Waals surface area contributed by atoms with Gasteiger partial charge in [0.15, 0.2) is 5.75 Å². The molecule has 27 heavy (non-hydrogen) atoms. The van der Waals surface area contributed by atoms with Gasteiger partial charge in [0.1, 0.15) is 6.33 Å². The van der Waals surface area contributed by atoms with Crippen molar-refractivity contribution in [1.82, 2.24) is 9.97 Å². The van der Waals surface area contributed by atoms with Gasteiger partial charge in [0.2, 0.25) is 11.8 Å². The lowest BCUT2D eigenvalue weighted by atomic mass is 10.1. The number of rotatable bonds is 4. The lowest BCUT2D eigenvalue weighted by molar-refractivity contribution is -0.137. The number of hydrogen-bond donors (Lipinski definition) is 1. The number of amides is 1. The van der Waals surface area contributed by atoms with Crippen molar-refractivity contribution >= 4 is 11.6 Å². The van der Waals surface area contributed by atoms with Crippen molar-refractivity contribution < 1.29 is 22.7 Å². The first-order valence-corrected chi connectivity index (χ1v) is 7.87. The van der Waals surface area contributed by atoms with E-state index in [-0.39, 0.29) is 11.8 Å². The van der Waals surface area contributed by atoms with Gasteiger partial charge in [-0.15, -0.1) is 0 Å². The zero-order valence-corrected chi connectivity index (χ0v) is 14.1. The van der Waals surface area contributed by atoms with Crippen molar-refractivity contribution in [2.45, 2.75) is 13.1 Å². The second-order valence-electron chi connectivity index (χ2n) is 5.60. The van der Waals surface area contributed by atoms with Gasteiger partial charge in [0.05, 0.1) is 16.9 Å². The summed E-state index contributed by atoms with van der Waals surface area (Å²) in [6.45, 7) is 1.38. The maximum atomic E-state index is 12.7. The summed E-state index contributed by atoms with van der Waals surface area (Å²) in [5, 5.41) is 2.65. The molecule has 0 unspecified atom stereocenters. The lowest BCUT2D eigenvalue weighted by Crippen LogP contribution is -2.07. The number of aromatic nitrogens is 2. The molecule has 0 fully saturated rings. The maximum Gasteiger partial charge on any atom is 0.416 e. The Hall–Kier alpha value is -3.42. The second kappa shape index (κ2) is 7.45. The van der Waals surface area contributed by atoms with Gasteiger partial charge >= 0.3 is 6.18 Å². The number of nitrogens with zero attached hydrogens (tertiary/aromatic N) is 2. The maximum absolute atomic E-state index is 12.7. The molecule has 0 aliphatic heterocycles. The first-order chi connectivity index (χ1) is 12.8. The monoisotopic (exact) mass is 373 g/mol. The average Bonchev–Trinajstić information content (AvgIpc) is 2.63. The van der Waals surface area contributed by atoms with Crippen LogP contribution >= 0.6 is 0 Å². The Kier molecular flexibility index (Phi) is 5.07. The normalized spacial score (nSPS) is 11.1. The van der Waals surface area contributed by atoms with Crippen molar-refractivity contribution in [2.75, 3.05) is 5.32 Å². The van der Waals surface area contributed by atoms with Crippen LogP contribution in [0.4, 0.5) is 18.9 Å². The predicted octanol–water partition coefficient (Wildman–Crippen LogP) is 4.91. The Morgan fingerprint density at radius 3 is 2.41 bits per heavy atom. The summed E-state index contributed by atoms with van der Waals surface area (Å²) < 4.78 is 43.7. The number of hydrogen-bond acceptors (Lipinski definition) is 4. The Morgan fingerprint density at radius 2 is 1.74 bits per heavy atom. The minimum atomic E-state index is -4.40. The van der Waals surface area contributed by atoms with Gasteiger partial charge in [-0.1, -0.05) is 24.3 Å². The topological polar surface area (TPSA) is 64.1 Å². The number of anilines is 1. The largest absolute Gasteiger partial charge is 0.437 e. The number of alkyl halides is 3. The van der Waals surface area contributed by atoms with Gasteiger partial charge in [0.25, 0.3) is 0 Å². The Morgan fingerprint density at radius 1 is 1.04 bits per heavy atom. The Balaban J connectivity index is 1.86. The minimum absolute atomic E-state index is 0.192. The molecular weight excluding hydrogens is 359 g/mol. The molecule has 1 aromatic heterocycles. The van der Waals surface area contributed by atoms with Crippen LogP contribution in [0.5, 0.6) is 11.6 Å². The van der Waals surface area contributed by atoms with E-state index in [9.17, 15) is 18.0 Å². The quantitative estimate of drug-likeness (QED) is 0.706. The van der Waals surface area contributed by atoms with Crippen LogP contribution in [0.15, 0.2) is 60.9 Å². The average molecular weight is 373 g/mol.